The topological polar surface area (TPSA) is 49.9 Å². The molecule has 2 heterocycles. The first-order valence-corrected chi connectivity index (χ1v) is 12.4. The van der Waals surface area contributed by atoms with E-state index in [0.29, 0.717) is 11.5 Å². The molecule has 5 rings (SSSR count). The van der Waals surface area contributed by atoms with Crippen LogP contribution in [0.15, 0.2) is 78.9 Å². The number of likely N-dealkylation sites (tertiary alicyclic amines) is 1. The Labute approximate surface area is 207 Å². The van der Waals surface area contributed by atoms with Crippen molar-refractivity contribution in [2.45, 2.75) is 31.2 Å². The van der Waals surface area contributed by atoms with Crippen LogP contribution in [-0.2, 0) is 11.2 Å². The lowest BCUT2D eigenvalue weighted by molar-refractivity contribution is -0.135. The average molecular weight is 469 g/mol. The van der Waals surface area contributed by atoms with E-state index in [0.717, 1.165) is 49.2 Å². The molecule has 1 fully saturated rings. The molecule has 1 saturated heterocycles. The number of rotatable bonds is 5. The van der Waals surface area contributed by atoms with Gasteiger partial charge in [-0.25, -0.2) is 0 Å². The third kappa shape index (κ3) is 4.55. The third-order valence-corrected chi connectivity index (χ3v) is 7.60. The molecule has 0 bridgehead atoms. The van der Waals surface area contributed by atoms with Gasteiger partial charge in [-0.05, 0) is 60.1 Å². The molecule has 3 aromatic carbocycles. The third-order valence-electron chi connectivity index (χ3n) is 7.60. The molecule has 2 atom stereocenters. The smallest absolute Gasteiger partial charge is 0.254 e. The van der Waals surface area contributed by atoms with Crippen molar-refractivity contribution >= 4 is 11.8 Å². The zero-order valence-corrected chi connectivity index (χ0v) is 20.4. The maximum absolute atomic E-state index is 14.1. The minimum atomic E-state index is -0.437. The summed E-state index contributed by atoms with van der Waals surface area (Å²) >= 11 is 0. The Morgan fingerprint density at radius 2 is 1.57 bits per heavy atom. The second-order valence-electron chi connectivity index (χ2n) is 9.66. The summed E-state index contributed by atoms with van der Waals surface area (Å²) in [7, 11) is 3.44. The number of ether oxygens (including phenoxy) is 1. The van der Waals surface area contributed by atoms with Gasteiger partial charge in [-0.2, -0.15) is 0 Å². The van der Waals surface area contributed by atoms with Crippen molar-refractivity contribution in [1.29, 1.82) is 0 Å². The molecule has 5 heteroatoms. The van der Waals surface area contributed by atoms with Crippen molar-refractivity contribution < 1.29 is 14.3 Å². The molecular formula is C30H32N2O3. The number of fused-ring (bicyclic) bond motifs is 1. The van der Waals surface area contributed by atoms with E-state index >= 15 is 0 Å². The first kappa shape index (κ1) is 23.2. The molecule has 2 aliphatic heterocycles. The Kier molecular flexibility index (Phi) is 6.58. The number of hydrogen-bond acceptors (Lipinski definition) is 3. The highest BCUT2D eigenvalue weighted by atomic mass is 16.5. The lowest BCUT2D eigenvalue weighted by atomic mass is 9.78. The van der Waals surface area contributed by atoms with Crippen molar-refractivity contribution in [2.75, 3.05) is 27.2 Å². The average Bonchev–Trinajstić information content (AvgIpc) is 2.91. The van der Waals surface area contributed by atoms with Crippen LogP contribution in [0.3, 0.4) is 0 Å². The van der Waals surface area contributed by atoms with E-state index in [1.165, 1.54) is 5.56 Å². The minimum Gasteiger partial charge on any atom is -0.497 e. The molecule has 2 aliphatic rings. The summed E-state index contributed by atoms with van der Waals surface area (Å²) in [6, 6.07) is 25.5. The van der Waals surface area contributed by atoms with Crippen molar-refractivity contribution in [3.05, 3.63) is 101 Å². The van der Waals surface area contributed by atoms with Crippen LogP contribution >= 0.6 is 0 Å². The standard InChI is InChI=1S/C30H32N2O3/c1-31-28(23-12-14-24(35-2)15-13-23)27(25-10-6-7-11-26(25)29(31)33)30(34)32-18-16-22(17-19-32)20-21-8-4-3-5-9-21/h3-15,22,27-28H,16-20H2,1-2H3/t27-,28+/m1/s1. The Balaban J connectivity index is 1.41. The van der Waals surface area contributed by atoms with Gasteiger partial charge in [0, 0.05) is 25.7 Å². The minimum absolute atomic E-state index is 0.0490. The van der Waals surface area contributed by atoms with Crippen molar-refractivity contribution in [3.8, 4) is 5.75 Å². The van der Waals surface area contributed by atoms with Crippen LogP contribution in [0.25, 0.3) is 0 Å². The summed E-state index contributed by atoms with van der Waals surface area (Å²) in [6.07, 6.45) is 3.05. The summed E-state index contributed by atoms with van der Waals surface area (Å²) in [5.74, 6) is 0.958. The zero-order chi connectivity index (χ0) is 24.4. The molecule has 0 spiro atoms. The summed E-state index contributed by atoms with van der Waals surface area (Å²) in [6.45, 7) is 1.50. The first-order valence-electron chi connectivity index (χ1n) is 12.4. The van der Waals surface area contributed by atoms with E-state index in [1.807, 2.05) is 59.5 Å². The van der Waals surface area contributed by atoms with Crippen LogP contribution in [0, 0.1) is 5.92 Å². The number of amides is 2. The van der Waals surface area contributed by atoms with E-state index in [-0.39, 0.29) is 17.9 Å². The largest absolute Gasteiger partial charge is 0.497 e. The summed E-state index contributed by atoms with van der Waals surface area (Å²) in [5, 5.41) is 0. The molecule has 0 aliphatic carbocycles. The fraction of sp³-hybridized carbons (Fsp3) is 0.333. The first-order chi connectivity index (χ1) is 17.1. The normalized spacial score (nSPS) is 20.5. The zero-order valence-electron chi connectivity index (χ0n) is 20.4. The highest BCUT2D eigenvalue weighted by Gasteiger charge is 2.44. The maximum Gasteiger partial charge on any atom is 0.254 e. The fourth-order valence-corrected chi connectivity index (χ4v) is 5.66. The summed E-state index contributed by atoms with van der Waals surface area (Å²) < 4.78 is 5.33. The van der Waals surface area contributed by atoms with Gasteiger partial charge >= 0.3 is 0 Å². The van der Waals surface area contributed by atoms with Gasteiger partial charge in [-0.15, -0.1) is 0 Å². The van der Waals surface area contributed by atoms with Gasteiger partial charge in [-0.3, -0.25) is 9.59 Å². The number of carbonyl (C=O) groups is 2. The van der Waals surface area contributed by atoms with E-state index in [1.54, 1.807) is 19.1 Å². The Morgan fingerprint density at radius 1 is 0.914 bits per heavy atom. The fourth-order valence-electron chi connectivity index (χ4n) is 5.66. The molecule has 35 heavy (non-hydrogen) atoms. The van der Waals surface area contributed by atoms with Crippen LogP contribution in [0.2, 0.25) is 0 Å². The predicted octanol–water partition coefficient (Wildman–Crippen LogP) is 5.09. The predicted molar refractivity (Wildman–Crippen MR) is 136 cm³/mol. The molecule has 0 radical (unpaired) electrons. The number of methoxy groups -OCH3 is 1. The van der Waals surface area contributed by atoms with E-state index in [2.05, 4.69) is 24.3 Å². The molecule has 3 aromatic rings. The van der Waals surface area contributed by atoms with Gasteiger partial charge in [0.2, 0.25) is 5.91 Å². The van der Waals surface area contributed by atoms with E-state index in [4.69, 9.17) is 4.74 Å². The van der Waals surface area contributed by atoms with E-state index in [9.17, 15) is 9.59 Å². The van der Waals surface area contributed by atoms with Crippen molar-refractivity contribution in [2.24, 2.45) is 5.92 Å². The molecule has 0 N–H and O–H groups in total. The van der Waals surface area contributed by atoms with Crippen LogP contribution in [0.4, 0.5) is 0 Å². The molecule has 0 aromatic heterocycles. The van der Waals surface area contributed by atoms with Crippen LogP contribution in [0.1, 0.15) is 51.8 Å². The van der Waals surface area contributed by atoms with E-state index < -0.39 is 5.92 Å². The Bertz CT molecular complexity index is 1180. The molecule has 0 unspecified atom stereocenters. The quantitative estimate of drug-likeness (QED) is 0.524. The van der Waals surface area contributed by atoms with Crippen molar-refractivity contribution in [3.63, 3.8) is 0 Å². The number of nitrogens with zero attached hydrogens (tertiary/aromatic N) is 2. The SMILES string of the molecule is COc1ccc([C@H]2[C@H](C(=O)N3CCC(Cc4ccccc4)CC3)c3ccccc3C(=O)N2C)cc1. The maximum atomic E-state index is 14.1. The number of carbonyl (C=O) groups excluding carboxylic acids is 2. The molecule has 5 nitrogen and oxygen atoms in total. The number of benzene rings is 3. The highest BCUT2D eigenvalue weighted by Crippen LogP contribution is 2.43. The molecule has 0 saturated carbocycles. The van der Waals surface area contributed by atoms with Crippen LogP contribution in [-0.4, -0.2) is 48.9 Å². The van der Waals surface area contributed by atoms with Gasteiger partial charge in [0.25, 0.3) is 5.91 Å². The van der Waals surface area contributed by atoms with Gasteiger partial charge in [0.1, 0.15) is 5.75 Å². The molecule has 180 valence electrons. The van der Waals surface area contributed by atoms with Crippen LogP contribution in [0.5, 0.6) is 5.75 Å². The monoisotopic (exact) mass is 468 g/mol. The van der Waals surface area contributed by atoms with Gasteiger partial charge in [0.15, 0.2) is 0 Å². The van der Waals surface area contributed by atoms with Gasteiger partial charge in [0.05, 0.1) is 19.1 Å². The molecular weight excluding hydrogens is 436 g/mol. The Hall–Kier alpha value is -3.60. The number of hydrogen-bond donors (Lipinski definition) is 0. The second kappa shape index (κ2) is 9.95. The van der Waals surface area contributed by atoms with Crippen LogP contribution < -0.4 is 4.74 Å². The van der Waals surface area contributed by atoms with Gasteiger partial charge < -0.3 is 14.5 Å². The molecule has 2 amide bonds. The second-order valence-corrected chi connectivity index (χ2v) is 9.66. The van der Waals surface area contributed by atoms with Gasteiger partial charge in [-0.1, -0.05) is 60.7 Å². The van der Waals surface area contributed by atoms with Crippen molar-refractivity contribution in [1.82, 2.24) is 9.80 Å². The highest BCUT2D eigenvalue weighted by molar-refractivity contribution is 6.01. The summed E-state index contributed by atoms with van der Waals surface area (Å²) in [4.78, 5) is 31.1. The number of likely N-dealkylation sites (N-methyl/N-ethyl adjacent to an activating group) is 1. The Morgan fingerprint density at radius 3 is 2.26 bits per heavy atom. The number of piperidine rings is 1. The lowest BCUT2D eigenvalue weighted by Crippen LogP contribution is -2.48. The summed E-state index contributed by atoms with van der Waals surface area (Å²) in [5.41, 5.74) is 3.75. The lowest BCUT2D eigenvalue weighted by Gasteiger charge is -2.43.